The zero-order valence-electron chi connectivity index (χ0n) is 12.3. The van der Waals surface area contributed by atoms with Crippen molar-refractivity contribution >= 4 is 5.91 Å². The standard InChI is InChI=1S/C15H24N2O3/c1-16-10-3-5-15(18)17-11-4-12-20-14-8-6-13(19-2)7-9-14/h6-9,16H,3-5,10-12H2,1-2H3,(H,17,18). The van der Waals surface area contributed by atoms with Gasteiger partial charge in [0.25, 0.3) is 0 Å². The SMILES string of the molecule is CNCCCC(=O)NCCCOc1ccc(OC)cc1. The lowest BCUT2D eigenvalue weighted by Gasteiger charge is -2.08. The maximum absolute atomic E-state index is 11.4. The van der Waals surface area contributed by atoms with Gasteiger partial charge in [-0.15, -0.1) is 0 Å². The quantitative estimate of drug-likeness (QED) is 0.639. The second-order valence-corrected chi connectivity index (χ2v) is 4.43. The van der Waals surface area contributed by atoms with Crippen LogP contribution >= 0.6 is 0 Å². The Morgan fingerprint density at radius 1 is 1.10 bits per heavy atom. The minimum atomic E-state index is 0.102. The molecule has 0 aliphatic heterocycles. The minimum Gasteiger partial charge on any atom is -0.497 e. The smallest absolute Gasteiger partial charge is 0.220 e. The van der Waals surface area contributed by atoms with Gasteiger partial charge in [-0.25, -0.2) is 0 Å². The van der Waals surface area contributed by atoms with Gasteiger partial charge in [0.2, 0.25) is 5.91 Å². The molecule has 0 aromatic heterocycles. The topological polar surface area (TPSA) is 59.6 Å². The molecule has 0 unspecified atom stereocenters. The van der Waals surface area contributed by atoms with Gasteiger partial charge in [0, 0.05) is 13.0 Å². The van der Waals surface area contributed by atoms with E-state index in [1.54, 1.807) is 7.11 Å². The number of hydrogen-bond acceptors (Lipinski definition) is 4. The van der Waals surface area contributed by atoms with Gasteiger partial charge < -0.3 is 20.1 Å². The second kappa shape index (κ2) is 10.1. The maximum Gasteiger partial charge on any atom is 0.220 e. The molecular formula is C15H24N2O3. The van der Waals surface area contributed by atoms with Crippen LogP contribution in [0, 0.1) is 0 Å². The van der Waals surface area contributed by atoms with Crippen LogP contribution in [0.3, 0.4) is 0 Å². The first-order valence-corrected chi connectivity index (χ1v) is 6.94. The molecule has 1 aromatic rings. The number of nitrogens with one attached hydrogen (secondary N) is 2. The molecule has 0 atom stereocenters. The van der Waals surface area contributed by atoms with E-state index < -0.39 is 0 Å². The highest BCUT2D eigenvalue weighted by molar-refractivity contribution is 5.75. The van der Waals surface area contributed by atoms with E-state index in [2.05, 4.69) is 10.6 Å². The number of rotatable bonds is 10. The number of carbonyl (C=O) groups is 1. The second-order valence-electron chi connectivity index (χ2n) is 4.43. The van der Waals surface area contributed by atoms with Crippen LogP contribution in [0.2, 0.25) is 0 Å². The lowest BCUT2D eigenvalue weighted by Crippen LogP contribution is -2.26. The molecule has 0 radical (unpaired) electrons. The first-order chi connectivity index (χ1) is 9.76. The van der Waals surface area contributed by atoms with Gasteiger partial charge >= 0.3 is 0 Å². The van der Waals surface area contributed by atoms with Gasteiger partial charge in [0.1, 0.15) is 11.5 Å². The van der Waals surface area contributed by atoms with E-state index >= 15 is 0 Å². The van der Waals surface area contributed by atoms with E-state index in [0.717, 1.165) is 30.9 Å². The molecule has 5 heteroatoms. The molecule has 1 rings (SSSR count). The van der Waals surface area contributed by atoms with Gasteiger partial charge in [-0.3, -0.25) is 4.79 Å². The number of hydrogen-bond donors (Lipinski definition) is 2. The zero-order chi connectivity index (χ0) is 14.6. The van der Waals surface area contributed by atoms with Crippen molar-refractivity contribution < 1.29 is 14.3 Å². The molecule has 0 saturated carbocycles. The molecule has 5 nitrogen and oxygen atoms in total. The van der Waals surface area contributed by atoms with Crippen molar-refractivity contribution in [2.45, 2.75) is 19.3 Å². The molecule has 1 amide bonds. The first-order valence-electron chi connectivity index (χ1n) is 6.94. The molecule has 112 valence electrons. The van der Waals surface area contributed by atoms with Crippen LogP contribution in [0.5, 0.6) is 11.5 Å². The highest BCUT2D eigenvalue weighted by Crippen LogP contribution is 2.16. The van der Waals surface area contributed by atoms with Crippen molar-refractivity contribution in [2.24, 2.45) is 0 Å². The van der Waals surface area contributed by atoms with E-state index in [9.17, 15) is 4.79 Å². The summed E-state index contributed by atoms with van der Waals surface area (Å²) in [6, 6.07) is 7.46. The molecule has 0 saturated heterocycles. The number of amides is 1. The molecular weight excluding hydrogens is 256 g/mol. The molecule has 0 fully saturated rings. The van der Waals surface area contributed by atoms with Crippen LogP contribution in [-0.4, -0.2) is 39.8 Å². The number of carbonyl (C=O) groups excluding carboxylic acids is 1. The van der Waals surface area contributed by atoms with Gasteiger partial charge in [-0.05, 0) is 50.7 Å². The summed E-state index contributed by atoms with van der Waals surface area (Å²) in [4.78, 5) is 11.4. The van der Waals surface area contributed by atoms with Gasteiger partial charge in [-0.2, -0.15) is 0 Å². The summed E-state index contributed by atoms with van der Waals surface area (Å²) in [5, 5.41) is 5.90. The fraction of sp³-hybridized carbons (Fsp3) is 0.533. The summed E-state index contributed by atoms with van der Waals surface area (Å²) in [7, 11) is 3.52. The summed E-state index contributed by atoms with van der Waals surface area (Å²) >= 11 is 0. The van der Waals surface area contributed by atoms with Gasteiger partial charge in [0.15, 0.2) is 0 Å². The van der Waals surface area contributed by atoms with Crippen molar-refractivity contribution in [3.05, 3.63) is 24.3 Å². The van der Waals surface area contributed by atoms with Crippen molar-refractivity contribution in [3.8, 4) is 11.5 Å². The van der Waals surface area contributed by atoms with Crippen LogP contribution in [0.25, 0.3) is 0 Å². The average Bonchev–Trinajstić information content (AvgIpc) is 2.48. The fourth-order valence-electron chi connectivity index (χ4n) is 1.68. The monoisotopic (exact) mass is 280 g/mol. The number of methoxy groups -OCH3 is 1. The average molecular weight is 280 g/mol. The van der Waals surface area contributed by atoms with Gasteiger partial charge in [-0.1, -0.05) is 0 Å². The van der Waals surface area contributed by atoms with Crippen LogP contribution < -0.4 is 20.1 Å². The van der Waals surface area contributed by atoms with Crippen LogP contribution in [-0.2, 0) is 4.79 Å². The third kappa shape index (κ3) is 6.99. The molecule has 2 N–H and O–H groups in total. The molecule has 0 aliphatic rings. The predicted molar refractivity (Wildman–Crippen MR) is 79.3 cm³/mol. The Morgan fingerprint density at radius 3 is 2.45 bits per heavy atom. The van der Waals surface area contributed by atoms with Crippen molar-refractivity contribution in [1.29, 1.82) is 0 Å². The third-order valence-corrected chi connectivity index (χ3v) is 2.80. The van der Waals surface area contributed by atoms with Crippen LogP contribution in [0.4, 0.5) is 0 Å². The van der Waals surface area contributed by atoms with Crippen molar-refractivity contribution in [1.82, 2.24) is 10.6 Å². The van der Waals surface area contributed by atoms with Crippen LogP contribution in [0.15, 0.2) is 24.3 Å². The Kier molecular flexibility index (Phi) is 8.22. The number of ether oxygens (including phenoxy) is 2. The fourth-order valence-corrected chi connectivity index (χ4v) is 1.68. The van der Waals surface area contributed by atoms with Crippen molar-refractivity contribution in [2.75, 3.05) is 33.9 Å². The Bertz CT molecular complexity index is 379. The molecule has 1 aromatic carbocycles. The summed E-state index contributed by atoms with van der Waals surface area (Å²) in [6.07, 6.45) is 2.23. The molecule has 0 spiro atoms. The lowest BCUT2D eigenvalue weighted by molar-refractivity contribution is -0.121. The predicted octanol–water partition coefficient (Wildman–Crippen LogP) is 1.58. The summed E-state index contributed by atoms with van der Waals surface area (Å²) in [5.41, 5.74) is 0. The summed E-state index contributed by atoms with van der Waals surface area (Å²) < 4.78 is 10.6. The van der Waals surface area contributed by atoms with Gasteiger partial charge in [0.05, 0.1) is 13.7 Å². The third-order valence-electron chi connectivity index (χ3n) is 2.80. The highest BCUT2D eigenvalue weighted by atomic mass is 16.5. The Morgan fingerprint density at radius 2 is 1.80 bits per heavy atom. The van der Waals surface area contributed by atoms with Crippen LogP contribution in [0.1, 0.15) is 19.3 Å². The van der Waals surface area contributed by atoms with Crippen molar-refractivity contribution in [3.63, 3.8) is 0 Å². The first kappa shape index (κ1) is 16.3. The normalized spacial score (nSPS) is 10.1. The van der Waals surface area contributed by atoms with E-state index in [-0.39, 0.29) is 5.91 Å². The maximum atomic E-state index is 11.4. The van der Waals surface area contributed by atoms with E-state index in [1.807, 2.05) is 31.3 Å². The molecule has 20 heavy (non-hydrogen) atoms. The highest BCUT2D eigenvalue weighted by Gasteiger charge is 2.00. The zero-order valence-corrected chi connectivity index (χ0v) is 12.3. The Balaban J connectivity index is 2.05. The molecule has 0 heterocycles. The minimum absolute atomic E-state index is 0.102. The Hall–Kier alpha value is -1.75. The number of benzene rings is 1. The Labute approximate surface area is 120 Å². The largest absolute Gasteiger partial charge is 0.497 e. The molecule has 0 aliphatic carbocycles. The lowest BCUT2D eigenvalue weighted by atomic mass is 10.3. The van der Waals surface area contributed by atoms with E-state index in [0.29, 0.717) is 19.6 Å². The van der Waals surface area contributed by atoms with E-state index in [4.69, 9.17) is 9.47 Å². The molecule has 0 bridgehead atoms. The summed E-state index contributed by atoms with van der Waals surface area (Å²) in [6.45, 7) is 2.10. The summed E-state index contributed by atoms with van der Waals surface area (Å²) in [5.74, 6) is 1.72. The van der Waals surface area contributed by atoms with E-state index in [1.165, 1.54) is 0 Å².